The molecular weight excluding hydrogens is 241 g/mol. The largest absolute Gasteiger partial charge is 0.312 e. The molecule has 2 unspecified atom stereocenters. The van der Waals surface area contributed by atoms with Crippen LogP contribution < -0.4 is 5.32 Å². The maximum absolute atomic E-state index is 14.0. The van der Waals surface area contributed by atoms with Gasteiger partial charge >= 0.3 is 0 Å². The Bertz CT molecular complexity index is 410. The van der Waals surface area contributed by atoms with Crippen LogP contribution in [-0.4, -0.2) is 56.6 Å². The molecule has 1 heterocycles. The summed E-state index contributed by atoms with van der Waals surface area (Å²) in [5, 5.41) is 3.30. The lowest BCUT2D eigenvalue weighted by Gasteiger charge is -2.34. The van der Waals surface area contributed by atoms with Gasteiger partial charge in [-0.05, 0) is 46.7 Å². The van der Waals surface area contributed by atoms with Crippen LogP contribution in [0.2, 0.25) is 0 Å². The van der Waals surface area contributed by atoms with Crippen LogP contribution in [0.15, 0.2) is 24.3 Å². The zero-order chi connectivity index (χ0) is 13.8. The number of hydrogen-bond donors (Lipinski definition) is 1. The Morgan fingerprint density at radius 2 is 2.00 bits per heavy atom. The van der Waals surface area contributed by atoms with Crippen molar-refractivity contribution in [1.29, 1.82) is 0 Å². The number of nitrogens with zero attached hydrogens (tertiary/aromatic N) is 2. The summed E-state index contributed by atoms with van der Waals surface area (Å²) in [7, 11) is 6.19. The first-order chi connectivity index (χ1) is 9.13. The molecule has 1 aliphatic heterocycles. The Labute approximate surface area is 115 Å². The van der Waals surface area contributed by atoms with Gasteiger partial charge in [-0.2, -0.15) is 0 Å². The van der Waals surface area contributed by atoms with Gasteiger partial charge in [0.05, 0.1) is 6.04 Å². The van der Waals surface area contributed by atoms with Crippen molar-refractivity contribution in [3.8, 4) is 0 Å². The Morgan fingerprint density at radius 1 is 1.26 bits per heavy atom. The monoisotopic (exact) mass is 265 g/mol. The van der Waals surface area contributed by atoms with Gasteiger partial charge in [-0.3, -0.25) is 0 Å². The second kappa shape index (κ2) is 6.46. The van der Waals surface area contributed by atoms with Gasteiger partial charge in [-0.15, -0.1) is 0 Å². The fourth-order valence-electron chi connectivity index (χ4n) is 2.95. The standard InChI is InChI=1S/C15H24FN3/c1-17-15(12-7-4-5-8-13(12)16)14-11-18(2)9-6-10-19(14)3/h4-5,7-8,14-15,17H,6,9-11H2,1-3H3. The van der Waals surface area contributed by atoms with Crippen LogP contribution in [0.25, 0.3) is 0 Å². The first-order valence-corrected chi connectivity index (χ1v) is 6.94. The SMILES string of the molecule is CNC(c1ccccc1F)C1CN(C)CCCN1C. The van der Waals surface area contributed by atoms with E-state index >= 15 is 0 Å². The summed E-state index contributed by atoms with van der Waals surface area (Å²) in [6.45, 7) is 3.12. The highest BCUT2D eigenvalue weighted by Gasteiger charge is 2.29. The molecule has 0 radical (unpaired) electrons. The molecule has 1 saturated heterocycles. The fraction of sp³-hybridized carbons (Fsp3) is 0.600. The topological polar surface area (TPSA) is 18.5 Å². The zero-order valence-corrected chi connectivity index (χ0v) is 12.1. The minimum atomic E-state index is -0.123. The molecule has 0 aliphatic carbocycles. The van der Waals surface area contributed by atoms with E-state index in [4.69, 9.17) is 0 Å². The smallest absolute Gasteiger partial charge is 0.128 e. The summed E-state index contributed by atoms with van der Waals surface area (Å²) < 4.78 is 14.0. The summed E-state index contributed by atoms with van der Waals surface area (Å²) in [5.74, 6) is -0.123. The Kier molecular flexibility index (Phi) is 4.91. The van der Waals surface area contributed by atoms with Crippen molar-refractivity contribution in [2.24, 2.45) is 0 Å². The zero-order valence-electron chi connectivity index (χ0n) is 12.1. The molecular formula is C15H24FN3. The molecule has 1 N–H and O–H groups in total. The van der Waals surface area contributed by atoms with Gasteiger partial charge in [0.25, 0.3) is 0 Å². The molecule has 1 aliphatic rings. The van der Waals surface area contributed by atoms with Crippen LogP contribution in [0, 0.1) is 5.82 Å². The Balaban J connectivity index is 2.27. The molecule has 0 saturated carbocycles. The van der Waals surface area contributed by atoms with Crippen LogP contribution >= 0.6 is 0 Å². The first kappa shape index (κ1) is 14.4. The summed E-state index contributed by atoms with van der Waals surface area (Å²) in [5.41, 5.74) is 0.761. The van der Waals surface area contributed by atoms with Crippen molar-refractivity contribution in [2.75, 3.05) is 40.8 Å². The van der Waals surface area contributed by atoms with Crippen molar-refractivity contribution < 1.29 is 4.39 Å². The van der Waals surface area contributed by atoms with Gasteiger partial charge in [0.15, 0.2) is 0 Å². The maximum atomic E-state index is 14.0. The minimum absolute atomic E-state index is 0.0201. The molecule has 0 aromatic heterocycles. The number of halogens is 1. The average molecular weight is 265 g/mol. The third-order valence-corrected chi connectivity index (χ3v) is 4.05. The highest BCUT2D eigenvalue weighted by Crippen LogP contribution is 2.24. The molecule has 2 rings (SSSR count). The van der Waals surface area contributed by atoms with Gasteiger partial charge in [0.2, 0.25) is 0 Å². The number of nitrogens with one attached hydrogen (secondary N) is 1. The van der Waals surface area contributed by atoms with Crippen LogP contribution in [-0.2, 0) is 0 Å². The lowest BCUT2D eigenvalue weighted by atomic mass is 9.97. The Hall–Kier alpha value is -0.970. The summed E-state index contributed by atoms with van der Waals surface area (Å²) in [4.78, 5) is 4.68. The summed E-state index contributed by atoms with van der Waals surface area (Å²) >= 11 is 0. The fourth-order valence-corrected chi connectivity index (χ4v) is 2.95. The molecule has 1 fully saturated rings. The number of hydrogen-bond acceptors (Lipinski definition) is 3. The Morgan fingerprint density at radius 3 is 2.68 bits per heavy atom. The van der Waals surface area contributed by atoms with E-state index in [0.29, 0.717) is 0 Å². The third-order valence-electron chi connectivity index (χ3n) is 4.05. The van der Waals surface area contributed by atoms with Gasteiger partial charge in [0, 0.05) is 18.2 Å². The van der Waals surface area contributed by atoms with E-state index in [1.54, 1.807) is 12.1 Å². The molecule has 0 spiro atoms. The number of rotatable bonds is 3. The van der Waals surface area contributed by atoms with E-state index in [-0.39, 0.29) is 17.9 Å². The number of benzene rings is 1. The van der Waals surface area contributed by atoms with Crippen LogP contribution in [0.4, 0.5) is 4.39 Å². The maximum Gasteiger partial charge on any atom is 0.128 e. The van der Waals surface area contributed by atoms with Gasteiger partial charge in [-0.25, -0.2) is 4.39 Å². The van der Waals surface area contributed by atoms with E-state index in [1.807, 2.05) is 19.2 Å². The molecule has 4 heteroatoms. The average Bonchev–Trinajstić information content (AvgIpc) is 2.55. The molecule has 106 valence electrons. The molecule has 1 aromatic rings. The predicted octanol–water partition coefficient (Wildman–Crippen LogP) is 1.72. The highest BCUT2D eigenvalue weighted by molar-refractivity contribution is 5.23. The lowest BCUT2D eigenvalue weighted by Crippen LogP contribution is -2.46. The normalized spacial score (nSPS) is 24.1. The first-order valence-electron chi connectivity index (χ1n) is 6.94. The second-order valence-electron chi connectivity index (χ2n) is 5.45. The van der Waals surface area contributed by atoms with E-state index in [1.165, 1.54) is 0 Å². The van der Waals surface area contributed by atoms with Gasteiger partial charge in [0.1, 0.15) is 5.82 Å². The second-order valence-corrected chi connectivity index (χ2v) is 5.45. The van der Waals surface area contributed by atoms with Crippen molar-refractivity contribution in [3.05, 3.63) is 35.6 Å². The van der Waals surface area contributed by atoms with Crippen LogP contribution in [0.3, 0.4) is 0 Å². The quantitative estimate of drug-likeness (QED) is 0.898. The van der Waals surface area contributed by atoms with Gasteiger partial charge < -0.3 is 15.1 Å². The number of likely N-dealkylation sites (N-methyl/N-ethyl adjacent to an activating group) is 3. The minimum Gasteiger partial charge on any atom is -0.312 e. The van der Waals surface area contributed by atoms with Gasteiger partial charge in [-0.1, -0.05) is 18.2 Å². The van der Waals surface area contributed by atoms with Crippen LogP contribution in [0.5, 0.6) is 0 Å². The van der Waals surface area contributed by atoms with Crippen molar-refractivity contribution >= 4 is 0 Å². The van der Waals surface area contributed by atoms with E-state index < -0.39 is 0 Å². The lowest BCUT2D eigenvalue weighted by molar-refractivity contribution is 0.180. The van der Waals surface area contributed by atoms with Crippen molar-refractivity contribution in [1.82, 2.24) is 15.1 Å². The predicted molar refractivity (Wildman–Crippen MR) is 76.7 cm³/mol. The van der Waals surface area contributed by atoms with E-state index in [9.17, 15) is 4.39 Å². The van der Waals surface area contributed by atoms with E-state index in [0.717, 1.165) is 31.6 Å². The van der Waals surface area contributed by atoms with Crippen molar-refractivity contribution in [2.45, 2.75) is 18.5 Å². The molecule has 0 bridgehead atoms. The molecule has 0 amide bonds. The third kappa shape index (κ3) is 3.32. The molecule has 3 nitrogen and oxygen atoms in total. The summed E-state index contributed by atoms with van der Waals surface area (Å²) in [6, 6.07) is 7.38. The van der Waals surface area contributed by atoms with Crippen LogP contribution in [0.1, 0.15) is 18.0 Å². The van der Waals surface area contributed by atoms with Crippen molar-refractivity contribution in [3.63, 3.8) is 0 Å². The van der Waals surface area contributed by atoms with E-state index in [2.05, 4.69) is 29.2 Å². The summed E-state index contributed by atoms with van der Waals surface area (Å²) in [6.07, 6.45) is 1.16. The molecule has 2 atom stereocenters. The molecule has 19 heavy (non-hydrogen) atoms. The molecule has 1 aromatic carbocycles. The highest BCUT2D eigenvalue weighted by atomic mass is 19.1.